The molecule has 0 saturated carbocycles. The van der Waals surface area contributed by atoms with E-state index in [0.717, 1.165) is 18.2 Å². The van der Waals surface area contributed by atoms with Crippen molar-refractivity contribution in [3.8, 4) is 12.0 Å². The van der Waals surface area contributed by atoms with Crippen molar-refractivity contribution in [3.63, 3.8) is 0 Å². The number of rotatable bonds is 6. The summed E-state index contributed by atoms with van der Waals surface area (Å²) in [7, 11) is -4.21. The number of nitrogens with zero attached hydrogens (tertiary/aromatic N) is 1. The summed E-state index contributed by atoms with van der Waals surface area (Å²) < 4.78 is 67.2. The molecule has 0 heterocycles. The number of anilines is 1. The predicted octanol–water partition coefficient (Wildman–Crippen LogP) is 1.29. The number of halogens is 4. The van der Waals surface area contributed by atoms with Crippen LogP contribution in [0.1, 0.15) is 12.5 Å². The molecule has 0 saturated heterocycles. The predicted molar refractivity (Wildman–Crippen MR) is 85.3 cm³/mol. The third-order valence-corrected chi connectivity index (χ3v) is 3.88. The van der Waals surface area contributed by atoms with Crippen molar-refractivity contribution in [3.05, 3.63) is 29.8 Å². The molecule has 0 bridgehead atoms. The Kier molecular flexibility index (Phi) is 7.55. The first-order chi connectivity index (χ1) is 12.0. The third-order valence-electron chi connectivity index (χ3n) is 2.83. The van der Waals surface area contributed by atoms with E-state index >= 15 is 0 Å². The Morgan fingerprint density at radius 1 is 1.46 bits per heavy atom. The monoisotopic (exact) mass is 413 g/mol. The van der Waals surface area contributed by atoms with Crippen LogP contribution in [0.5, 0.6) is 0 Å². The molecule has 0 radical (unpaired) electrons. The molecule has 0 aliphatic heterocycles. The van der Waals surface area contributed by atoms with Crippen molar-refractivity contribution in [2.24, 2.45) is 0 Å². The molecule has 1 atom stereocenters. The first-order valence-electron chi connectivity index (χ1n) is 6.90. The van der Waals surface area contributed by atoms with E-state index in [1.807, 2.05) is 4.72 Å². The molecule has 26 heavy (non-hydrogen) atoms. The standard InChI is InChI=1S/C14H14ClF3N2O5S/c1-10(5-8-25-26(23,24)19-7-6-15)20(13(21)22)12-4-2-3-11(9-12)14(16,17)18/h2-4,9-10,19H,6-7H2,1H3,(H,21,22)/p-1. The number of hydrogen-bond donors (Lipinski definition) is 1. The van der Waals surface area contributed by atoms with E-state index in [1.54, 1.807) is 6.11 Å². The fraction of sp³-hybridized carbons (Fsp3) is 0.357. The number of carbonyl (C=O) groups excluding carboxylic acids is 1. The fourth-order valence-electron chi connectivity index (χ4n) is 1.74. The Hall–Kier alpha value is -2.16. The maximum absolute atomic E-state index is 12.8. The number of carboxylic acid groups (broad SMARTS) is 1. The topological polar surface area (TPSA) is 98.8 Å². The van der Waals surface area contributed by atoms with Crippen LogP contribution >= 0.6 is 11.6 Å². The van der Waals surface area contributed by atoms with Crippen LogP contribution in [-0.2, 0) is 20.7 Å². The van der Waals surface area contributed by atoms with Crippen LogP contribution in [0.4, 0.5) is 23.7 Å². The smallest absolute Gasteiger partial charge is 0.416 e. The summed E-state index contributed by atoms with van der Waals surface area (Å²) in [6.45, 7) is 1.10. The highest BCUT2D eigenvalue weighted by Gasteiger charge is 2.31. The maximum atomic E-state index is 12.8. The number of hydrogen-bond acceptors (Lipinski definition) is 5. The van der Waals surface area contributed by atoms with Crippen LogP contribution in [-0.4, -0.2) is 33.0 Å². The molecule has 12 heteroatoms. The minimum Gasteiger partial charge on any atom is -0.530 e. The molecule has 0 aromatic heterocycles. The normalized spacial score (nSPS) is 12.7. The molecule has 0 spiro atoms. The number of nitrogens with one attached hydrogen (secondary N) is 1. The molecule has 144 valence electrons. The van der Waals surface area contributed by atoms with Gasteiger partial charge in [0, 0.05) is 18.1 Å². The van der Waals surface area contributed by atoms with Gasteiger partial charge in [-0.05, 0) is 31.0 Å². The van der Waals surface area contributed by atoms with Gasteiger partial charge >= 0.3 is 16.5 Å². The van der Waals surface area contributed by atoms with E-state index in [2.05, 4.69) is 10.1 Å². The van der Waals surface area contributed by atoms with Gasteiger partial charge in [0.1, 0.15) is 12.2 Å². The number of benzene rings is 1. The molecule has 0 fully saturated rings. The molecule has 1 aromatic carbocycles. The van der Waals surface area contributed by atoms with Crippen LogP contribution < -0.4 is 14.7 Å². The SMILES string of the molecule is CC(C#COS(=O)(=O)NCCCl)N(C(=O)[O-])c1cccc(C(F)(F)F)c1. The van der Waals surface area contributed by atoms with Gasteiger partial charge in [0.2, 0.25) is 0 Å². The van der Waals surface area contributed by atoms with Gasteiger partial charge in [-0.3, -0.25) is 0 Å². The summed E-state index contributed by atoms with van der Waals surface area (Å²) in [6.07, 6.45) is -4.71. The van der Waals surface area contributed by atoms with Gasteiger partial charge in [0.25, 0.3) is 0 Å². The van der Waals surface area contributed by atoms with E-state index in [-0.39, 0.29) is 18.1 Å². The summed E-state index contributed by atoms with van der Waals surface area (Å²) >= 11 is 5.30. The van der Waals surface area contributed by atoms with Gasteiger partial charge < -0.3 is 19.0 Å². The quantitative estimate of drug-likeness (QED) is 0.559. The molecule has 1 N–H and O–H groups in total. The zero-order valence-electron chi connectivity index (χ0n) is 13.2. The highest BCUT2D eigenvalue weighted by Crippen LogP contribution is 2.32. The maximum Gasteiger partial charge on any atom is 0.416 e. The Bertz CT molecular complexity index is 805. The Morgan fingerprint density at radius 2 is 2.12 bits per heavy atom. The van der Waals surface area contributed by atoms with Crippen LogP contribution in [0.25, 0.3) is 0 Å². The van der Waals surface area contributed by atoms with Gasteiger partial charge in [-0.25, -0.2) is 0 Å². The van der Waals surface area contributed by atoms with Gasteiger partial charge in [-0.2, -0.15) is 26.3 Å². The Balaban J connectivity index is 3.02. The van der Waals surface area contributed by atoms with Gasteiger partial charge in [0.15, 0.2) is 0 Å². The third kappa shape index (κ3) is 6.62. The Labute approximate surface area is 152 Å². The second-order valence-corrected chi connectivity index (χ2v) is 6.47. The zero-order chi connectivity index (χ0) is 20.0. The van der Waals surface area contributed by atoms with Crippen LogP contribution in [0.15, 0.2) is 24.3 Å². The van der Waals surface area contributed by atoms with Gasteiger partial charge in [0.05, 0.1) is 11.6 Å². The second kappa shape index (κ2) is 8.98. The van der Waals surface area contributed by atoms with E-state index < -0.39 is 34.2 Å². The van der Waals surface area contributed by atoms with Gasteiger partial charge in [-0.15, -0.1) is 11.6 Å². The molecule has 1 rings (SSSR count). The molecule has 1 amide bonds. The van der Waals surface area contributed by atoms with Crippen molar-refractivity contribution in [2.45, 2.75) is 19.1 Å². The lowest BCUT2D eigenvalue weighted by Gasteiger charge is -2.28. The number of alkyl halides is 4. The molecule has 1 unspecified atom stereocenters. The van der Waals surface area contributed by atoms with Crippen LogP contribution in [0, 0.1) is 12.0 Å². The summed E-state index contributed by atoms with van der Waals surface area (Å²) in [5.74, 6) is 2.14. The van der Waals surface area contributed by atoms with Crippen molar-refractivity contribution in [1.82, 2.24) is 4.72 Å². The Morgan fingerprint density at radius 3 is 2.65 bits per heavy atom. The second-order valence-electron chi connectivity index (χ2n) is 4.73. The summed E-state index contributed by atoms with van der Waals surface area (Å²) in [4.78, 5) is 11.7. The van der Waals surface area contributed by atoms with E-state index in [1.165, 1.54) is 6.92 Å². The summed E-state index contributed by atoms with van der Waals surface area (Å²) in [6, 6.07) is 2.25. The van der Waals surface area contributed by atoms with E-state index in [0.29, 0.717) is 11.0 Å². The fourth-order valence-corrected chi connectivity index (χ4v) is 2.52. The lowest BCUT2D eigenvalue weighted by Crippen LogP contribution is -2.46. The highest BCUT2D eigenvalue weighted by molar-refractivity contribution is 7.84. The lowest BCUT2D eigenvalue weighted by molar-refractivity contribution is -0.246. The van der Waals surface area contributed by atoms with Crippen molar-refractivity contribution in [1.29, 1.82) is 0 Å². The molecule has 0 aliphatic rings. The largest absolute Gasteiger partial charge is 0.530 e. The van der Waals surface area contributed by atoms with Crippen LogP contribution in [0.2, 0.25) is 0 Å². The van der Waals surface area contributed by atoms with E-state index in [9.17, 15) is 31.5 Å². The lowest BCUT2D eigenvalue weighted by atomic mass is 10.1. The first kappa shape index (κ1) is 21.9. The highest BCUT2D eigenvalue weighted by atomic mass is 35.5. The molecule has 1 aromatic rings. The average Bonchev–Trinajstić information content (AvgIpc) is 2.52. The van der Waals surface area contributed by atoms with Crippen molar-refractivity contribution in [2.75, 3.05) is 17.3 Å². The van der Waals surface area contributed by atoms with E-state index in [4.69, 9.17) is 11.6 Å². The molecular formula is C14H13ClF3N2O5S-. The minimum atomic E-state index is -4.67. The molecular weight excluding hydrogens is 401 g/mol. The zero-order valence-corrected chi connectivity index (χ0v) is 14.8. The average molecular weight is 414 g/mol. The molecule has 7 nitrogen and oxygen atoms in total. The van der Waals surface area contributed by atoms with Crippen molar-refractivity contribution < 1.29 is 35.7 Å². The number of amides is 1. The summed E-state index contributed by atoms with van der Waals surface area (Å²) in [5, 5.41) is 11.3. The number of carbonyl (C=O) groups is 1. The molecule has 0 aliphatic carbocycles. The van der Waals surface area contributed by atoms with Crippen LogP contribution in [0.3, 0.4) is 0 Å². The van der Waals surface area contributed by atoms with Gasteiger partial charge in [-0.1, -0.05) is 6.07 Å². The van der Waals surface area contributed by atoms with Crippen molar-refractivity contribution >= 4 is 33.7 Å². The minimum absolute atomic E-state index is 0.0135. The first-order valence-corrected chi connectivity index (χ1v) is 8.84. The summed E-state index contributed by atoms with van der Waals surface area (Å²) in [5.41, 5.74) is -1.41.